The average Bonchev–Trinajstić information content (AvgIpc) is 3.43. The van der Waals surface area contributed by atoms with Crippen LogP contribution in [0.15, 0.2) is 54.4 Å². The predicted molar refractivity (Wildman–Crippen MR) is 156 cm³/mol. The van der Waals surface area contributed by atoms with E-state index >= 15 is 4.39 Å². The number of likely N-dealkylation sites (tertiary alicyclic amines) is 1. The maximum absolute atomic E-state index is 15.5. The molecule has 226 valence electrons. The number of carbonyl (C=O) groups is 1. The lowest BCUT2D eigenvalue weighted by molar-refractivity contribution is -0.128. The number of halogens is 3. The number of allylic oxidation sites excluding steroid dienone is 1. The van der Waals surface area contributed by atoms with Gasteiger partial charge in [-0.2, -0.15) is 14.8 Å². The molecule has 0 unspecified atom stereocenters. The van der Waals surface area contributed by atoms with Gasteiger partial charge in [-0.25, -0.2) is 23.4 Å². The van der Waals surface area contributed by atoms with Crippen LogP contribution < -0.4 is 15.8 Å². The number of carbonyl (C=O) groups excluding carboxylic acids is 1. The van der Waals surface area contributed by atoms with Crippen molar-refractivity contribution in [3.8, 4) is 28.8 Å². The van der Waals surface area contributed by atoms with Crippen LogP contribution in [0.3, 0.4) is 0 Å². The second kappa shape index (κ2) is 12.3. The summed E-state index contributed by atoms with van der Waals surface area (Å²) in [4.78, 5) is 23.5. The second-order valence-electron chi connectivity index (χ2n) is 10.9. The molecule has 0 spiro atoms. The van der Waals surface area contributed by atoms with Gasteiger partial charge in [0.1, 0.15) is 41.0 Å². The number of piperidine rings is 2. The van der Waals surface area contributed by atoms with Crippen molar-refractivity contribution >= 4 is 22.8 Å². The van der Waals surface area contributed by atoms with E-state index in [2.05, 4.69) is 21.4 Å². The Morgan fingerprint density at radius 3 is 2.70 bits per heavy atom. The van der Waals surface area contributed by atoms with E-state index in [1.54, 1.807) is 15.7 Å². The number of nitrogens with two attached hydrogens (primary N) is 1. The highest BCUT2D eigenvalue weighted by atomic mass is 19.2. The number of fused-ring (bicyclic) bond motifs is 1. The zero-order valence-corrected chi connectivity index (χ0v) is 23.6. The Balaban J connectivity index is 1.30. The van der Waals surface area contributed by atoms with Crippen molar-refractivity contribution in [3.05, 3.63) is 71.8 Å². The Kier molecular flexibility index (Phi) is 8.17. The number of nitrogen functional groups attached to an aromatic ring is 1. The van der Waals surface area contributed by atoms with Gasteiger partial charge in [0.2, 0.25) is 5.82 Å². The summed E-state index contributed by atoms with van der Waals surface area (Å²) in [6.45, 7) is 2.47. The molecular weight excluding hydrogens is 573 g/mol. The number of ether oxygens (including phenoxy) is 1. The number of hydrogen-bond acceptors (Lipinski definition) is 8. The summed E-state index contributed by atoms with van der Waals surface area (Å²) >= 11 is 0. The van der Waals surface area contributed by atoms with E-state index in [9.17, 15) is 18.8 Å². The Morgan fingerprint density at radius 2 is 1.93 bits per heavy atom. The smallest absolute Gasteiger partial charge is 0.264 e. The Labute approximate surface area is 250 Å². The quantitative estimate of drug-likeness (QED) is 0.235. The molecule has 2 saturated heterocycles. The highest BCUT2D eigenvalue weighted by Crippen LogP contribution is 2.37. The number of amides is 1. The van der Waals surface area contributed by atoms with Crippen molar-refractivity contribution in [2.24, 2.45) is 5.92 Å². The van der Waals surface area contributed by atoms with Crippen molar-refractivity contribution in [3.63, 3.8) is 0 Å². The first-order valence-corrected chi connectivity index (χ1v) is 14.4. The van der Waals surface area contributed by atoms with E-state index in [1.807, 2.05) is 0 Å². The monoisotopic (exact) mass is 602 g/mol. The van der Waals surface area contributed by atoms with Crippen LogP contribution in [-0.2, 0) is 4.79 Å². The standard InChI is InChI=1S/C31H29F3N8O2/c32-23-4-1-5-25(27(23)34)44-21-6-7-22(24(33)14-21)28-26-29(36)38-17-39-30(26)42(40-28)20-3-2-12-41(16-20)31(43)19(15-35)13-18-8-10-37-11-9-18/h1,4-7,13-14,17-18,20,37H,2-3,8-12,16H2,(H2,36,38,39)/t20-/m1/s1. The lowest BCUT2D eigenvalue weighted by Crippen LogP contribution is -2.41. The van der Waals surface area contributed by atoms with Gasteiger partial charge in [-0.05, 0) is 69.0 Å². The molecule has 2 aromatic carbocycles. The van der Waals surface area contributed by atoms with E-state index < -0.39 is 17.5 Å². The summed E-state index contributed by atoms with van der Waals surface area (Å²) in [5.41, 5.74) is 7.00. The third kappa shape index (κ3) is 5.68. The normalized spacial score (nSPS) is 17.9. The minimum Gasteiger partial charge on any atom is -0.454 e. The molecule has 0 aliphatic carbocycles. The van der Waals surface area contributed by atoms with Crippen LogP contribution in [0.5, 0.6) is 11.5 Å². The van der Waals surface area contributed by atoms with E-state index in [0.717, 1.165) is 38.1 Å². The van der Waals surface area contributed by atoms with Crippen molar-refractivity contribution in [2.75, 3.05) is 31.9 Å². The Bertz CT molecular complexity index is 1790. The fourth-order valence-corrected chi connectivity index (χ4v) is 5.79. The molecule has 2 aliphatic heterocycles. The molecule has 4 heterocycles. The average molecular weight is 603 g/mol. The van der Waals surface area contributed by atoms with Crippen molar-refractivity contribution in [1.82, 2.24) is 30.0 Å². The highest BCUT2D eigenvalue weighted by molar-refractivity contribution is 5.99. The third-order valence-electron chi connectivity index (χ3n) is 8.02. The minimum atomic E-state index is -1.18. The van der Waals surface area contributed by atoms with Crippen LogP contribution in [-0.4, -0.2) is 56.7 Å². The van der Waals surface area contributed by atoms with Crippen LogP contribution in [0.4, 0.5) is 19.0 Å². The van der Waals surface area contributed by atoms with Crippen molar-refractivity contribution in [2.45, 2.75) is 31.7 Å². The lowest BCUT2D eigenvalue weighted by atomic mass is 9.95. The molecule has 0 radical (unpaired) electrons. The summed E-state index contributed by atoms with van der Waals surface area (Å²) in [5.74, 6) is -3.49. The summed E-state index contributed by atoms with van der Waals surface area (Å²) in [6.07, 6.45) is 6.16. The minimum absolute atomic E-state index is 0.0454. The van der Waals surface area contributed by atoms with Gasteiger partial charge in [0.25, 0.3) is 5.91 Å². The van der Waals surface area contributed by atoms with Gasteiger partial charge in [-0.1, -0.05) is 12.1 Å². The molecule has 2 aliphatic rings. The molecular formula is C31H29F3N8O2. The van der Waals surface area contributed by atoms with Crippen LogP contribution >= 0.6 is 0 Å². The van der Waals surface area contributed by atoms with Crippen molar-refractivity contribution in [1.29, 1.82) is 5.26 Å². The number of nitrogens with one attached hydrogen (secondary N) is 1. The molecule has 1 amide bonds. The van der Waals surface area contributed by atoms with Gasteiger partial charge in [0, 0.05) is 24.7 Å². The molecule has 6 rings (SSSR count). The maximum atomic E-state index is 15.5. The number of benzene rings is 2. The fourth-order valence-electron chi connectivity index (χ4n) is 5.79. The molecule has 0 bridgehead atoms. The summed E-state index contributed by atoms with van der Waals surface area (Å²) in [7, 11) is 0. The molecule has 10 nitrogen and oxygen atoms in total. The molecule has 2 fully saturated rings. The van der Waals surface area contributed by atoms with Gasteiger partial charge < -0.3 is 20.7 Å². The van der Waals surface area contributed by atoms with Gasteiger partial charge in [-0.3, -0.25) is 4.79 Å². The number of anilines is 1. The number of nitrogens with zero attached hydrogens (tertiary/aromatic N) is 6. The molecule has 44 heavy (non-hydrogen) atoms. The fraction of sp³-hybridized carbons (Fsp3) is 0.323. The number of rotatable bonds is 6. The Hall–Kier alpha value is -4.96. The zero-order valence-electron chi connectivity index (χ0n) is 23.6. The maximum Gasteiger partial charge on any atom is 0.264 e. The Morgan fingerprint density at radius 1 is 1.11 bits per heavy atom. The topological polar surface area (TPSA) is 135 Å². The first-order chi connectivity index (χ1) is 21.3. The second-order valence-corrected chi connectivity index (χ2v) is 10.9. The summed E-state index contributed by atoms with van der Waals surface area (Å²) in [5, 5.41) is 18.1. The highest BCUT2D eigenvalue weighted by Gasteiger charge is 2.31. The van der Waals surface area contributed by atoms with Crippen LogP contribution in [0.1, 0.15) is 31.7 Å². The molecule has 0 saturated carbocycles. The van der Waals surface area contributed by atoms with Gasteiger partial charge in [0.05, 0.1) is 11.4 Å². The SMILES string of the molecule is N#CC(=CC1CCNCC1)C(=O)N1CCC[C@@H](n2nc(-c3ccc(Oc4cccc(F)c4F)cc3F)c3c(N)ncnc32)C1. The van der Waals surface area contributed by atoms with Gasteiger partial charge in [-0.15, -0.1) is 0 Å². The molecule has 2 aromatic heterocycles. The zero-order chi connectivity index (χ0) is 30.8. The lowest BCUT2D eigenvalue weighted by Gasteiger charge is -2.33. The number of hydrogen-bond donors (Lipinski definition) is 2. The third-order valence-corrected chi connectivity index (χ3v) is 8.02. The largest absolute Gasteiger partial charge is 0.454 e. The van der Waals surface area contributed by atoms with Crippen LogP contribution in [0, 0.1) is 34.7 Å². The number of aromatic nitrogens is 4. The molecule has 4 aromatic rings. The number of nitriles is 1. The summed E-state index contributed by atoms with van der Waals surface area (Å²) < 4.78 is 50.3. The van der Waals surface area contributed by atoms with Crippen molar-refractivity contribution < 1.29 is 22.7 Å². The van der Waals surface area contributed by atoms with Gasteiger partial charge >= 0.3 is 0 Å². The summed E-state index contributed by atoms with van der Waals surface area (Å²) in [6, 6.07) is 9.11. The molecule has 1 atom stereocenters. The first kappa shape index (κ1) is 29.1. The van der Waals surface area contributed by atoms with Crippen LogP contribution in [0.2, 0.25) is 0 Å². The van der Waals surface area contributed by atoms with Gasteiger partial charge in [0.15, 0.2) is 17.2 Å². The van der Waals surface area contributed by atoms with Crippen LogP contribution in [0.25, 0.3) is 22.3 Å². The first-order valence-electron chi connectivity index (χ1n) is 14.4. The molecule has 3 N–H and O–H groups in total. The van der Waals surface area contributed by atoms with E-state index in [-0.39, 0.29) is 58.6 Å². The molecule has 13 heteroatoms. The van der Waals surface area contributed by atoms with E-state index in [1.165, 1.54) is 30.6 Å². The van der Waals surface area contributed by atoms with E-state index in [0.29, 0.717) is 30.4 Å². The van der Waals surface area contributed by atoms with E-state index in [4.69, 9.17) is 15.6 Å². The predicted octanol–water partition coefficient (Wildman–Crippen LogP) is 4.90.